The molecular weight excluding hydrogens is 298 g/mol. The van der Waals surface area contributed by atoms with Crippen LogP contribution < -0.4 is 15.0 Å². The van der Waals surface area contributed by atoms with Crippen LogP contribution in [0.25, 0.3) is 0 Å². The van der Waals surface area contributed by atoms with Crippen molar-refractivity contribution in [3.8, 4) is 6.01 Å². The van der Waals surface area contributed by atoms with E-state index in [1.807, 2.05) is 35.2 Å². The highest BCUT2D eigenvalue weighted by molar-refractivity contribution is 5.68. The minimum Gasteiger partial charge on any atom is -0.479 e. The number of anilines is 3. The van der Waals surface area contributed by atoms with Gasteiger partial charge in [-0.2, -0.15) is 15.0 Å². The van der Waals surface area contributed by atoms with Crippen molar-refractivity contribution in [2.75, 3.05) is 29.9 Å². The average Bonchev–Trinajstić information content (AvgIpc) is 3.08. The molecule has 0 atom stereocenters. The second-order valence-corrected chi connectivity index (χ2v) is 5.11. The number of hydrogen-bond donors (Lipinski definition) is 2. The normalized spacial score (nSPS) is 13.8. The standard InChI is InChI=1S/C15H17N5O3/c21-12(22)10-23-15-18-13(16-11-6-2-1-3-7-11)17-14(19-15)20-8-4-5-9-20/h1-3,6-7H,4-5,8-10H2,(H,21,22)(H,16,17,18,19). The number of carboxylic acids is 1. The van der Waals surface area contributed by atoms with Crippen molar-refractivity contribution < 1.29 is 14.6 Å². The topological polar surface area (TPSA) is 100 Å². The molecule has 0 spiro atoms. The molecule has 1 aromatic carbocycles. The molecule has 120 valence electrons. The molecule has 0 bridgehead atoms. The molecule has 1 aliphatic rings. The van der Waals surface area contributed by atoms with Crippen molar-refractivity contribution in [2.24, 2.45) is 0 Å². The summed E-state index contributed by atoms with van der Waals surface area (Å²) in [6.45, 7) is 1.24. The summed E-state index contributed by atoms with van der Waals surface area (Å²) in [5.74, 6) is -0.254. The molecule has 0 saturated carbocycles. The summed E-state index contributed by atoms with van der Waals surface area (Å²) < 4.78 is 5.12. The monoisotopic (exact) mass is 315 g/mol. The lowest BCUT2D eigenvalue weighted by Crippen LogP contribution is -2.22. The Hall–Kier alpha value is -2.90. The molecule has 8 nitrogen and oxygen atoms in total. The maximum atomic E-state index is 10.7. The van der Waals surface area contributed by atoms with E-state index in [0.717, 1.165) is 31.6 Å². The fraction of sp³-hybridized carbons (Fsp3) is 0.333. The van der Waals surface area contributed by atoms with Gasteiger partial charge in [-0.05, 0) is 25.0 Å². The molecule has 1 aliphatic heterocycles. The molecule has 2 aromatic rings. The third kappa shape index (κ3) is 4.06. The maximum absolute atomic E-state index is 10.7. The Kier molecular flexibility index (Phi) is 4.51. The van der Waals surface area contributed by atoms with Crippen molar-refractivity contribution in [1.29, 1.82) is 0 Å². The molecule has 0 unspecified atom stereocenters. The van der Waals surface area contributed by atoms with Crippen LogP contribution in [0.4, 0.5) is 17.6 Å². The van der Waals surface area contributed by atoms with Gasteiger partial charge in [0, 0.05) is 18.8 Å². The number of nitrogens with one attached hydrogen (secondary N) is 1. The number of benzene rings is 1. The summed E-state index contributed by atoms with van der Waals surface area (Å²) in [5, 5.41) is 11.8. The van der Waals surface area contributed by atoms with E-state index in [2.05, 4.69) is 20.3 Å². The maximum Gasteiger partial charge on any atom is 0.341 e. The van der Waals surface area contributed by atoms with Gasteiger partial charge in [-0.1, -0.05) is 18.2 Å². The van der Waals surface area contributed by atoms with Crippen LogP contribution in [0.2, 0.25) is 0 Å². The first-order chi connectivity index (χ1) is 11.2. The number of nitrogens with zero attached hydrogens (tertiary/aromatic N) is 4. The molecule has 0 radical (unpaired) electrons. The van der Waals surface area contributed by atoms with E-state index in [0.29, 0.717) is 11.9 Å². The first kappa shape index (κ1) is 15.0. The van der Waals surface area contributed by atoms with Crippen molar-refractivity contribution in [1.82, 2.24) is 15.0 Å². The molecule has 8 heteroatoms. The lowest BCUT2D eigenvalue weighted by molar-refractivity contribution is -0.139. The van der Waals surface area contributed by atoms with Gasteiger partial charge in [0.1, 0.15) is 0 Å². The van der Waals surface area contributed by atoms with E-state index < -0.39 is 12.6 Å². The number of carbonyl (C=O) groups is 1. The van der Waals surface area contributed by atoms with E-state index >= 15 is 0 Å². The van der Waals surface area contributed by atoms with Crippen molar-refractivity contribution in [2.45, 2.75) is 12.8 Å². The summed E-state index contributed by atoms with van der Waals surface area (Å²) in [5.41, 5.74) is 0.829. The van der Waals surface area contributed by atoms with Gasteiger partial charge in [-0.3, -0.25) is 0 Å². The summed E-state index contributed by atoms with van der Waals surface area (Å²) in [6, 6.07) is 9.48. The average molecular weight is 315 g/mol. The predicted molar refractivity (Wildman–Crippen MR) is 84.1 cm³/mol. The second kappa shape index (κ2) is 6.91. The van der Waals surface area contributed by atoms with Crippen LogP contribution in [0.3, 0.4) is 0 Å². The fourth-order valence-corrected chi connectivity index (χ4v) is 2.30. The van der Waals surface area contributed by atoms with E-state index in [4.69, 9.17) is 9.84 Å². The van der Waals surface area contributed by atoms with Crippen LogP contribution in [-0.4, -0.2) is 45.7 Å². The Labute approximate surface area is 133 Å². The summed E-state index contributed by atoms with van der Waals surface area (Å²) in [4.78, 5) is 25.4. The number of carboxylic acid groups (broad SMARTS) is 1. The Morgan fingerprint density at radius 3 is 2.61 bits per heavy atom. The highest BCUT2D eigenvalue weighted by Gasteiger charge is 2.18. The first-order valence-electron chi connectivity index (χ1n) is 7.38. The highest BCUT2D eigenvalue weighted by Crippen LogP contribution is 2.21. The number of aliphatic carboxylic acids is 1. The second-order valence-electron chi connectivity index (χ2n) is 5.11. The molecule has 2 heterocycles. The van der Waals surface area contributed by atoms with Crippen molar-refractivity contribution in [3.05, 3.63) is 30.3 Å². The Balaban J connectivity index is 1.85. The third-order valence-electron chi connectivity index (χ3n) is 3.35. The fourth-order valence-electron chi connectivity index (χ4n) is 2.30. The first-order valence-corrected chi connectivity index (χ1v) is 7.38. The van der Waals surface area contributed by atoms with Gasteiger partial charge in [-0.15, -0.1) is 0 Å². The van der Waals surface area contributed by atoms with Gasteiger partial charge in [0.05, 0.1) is 0 Å². The SMILES string of the molecule is O=C(O)COc1nc(Nc2ccccc2)nc(N2CCCC2)n1. The van der Waals surface area contributed by atoms with Crippen LogP contribution in [0.1, 0.15) is 12.8 Å². The van der Waals surface area contributed by atoms with Crippen molar-refractivity contribution >= 4 is 23.6 Å². The molecule has 1 fully saturated rings. The number of para-hydroxylation sites is 1. The molecule has 23 heavy (non-hydrogen) atoms. The lowest BCUT2D eigenvalue weighted by Gasteiger charge is -2.16. The molecule has 1 saturated heterocycles. The zero-order chi connectivity index (χ0) is 16.1. The van der Waals surface area contributed by atoms with Crippen LogP contribution in [0.15, 0.2) is 30.3 Å². The Morgan fingerprint density at radius 1 is 1.17 bits per heavy atom. The van der Waals surface area contributed by atoms with Gasteiger partial charge in [0.2, 0.25) is 11.9 Å². The largest absolute Gasteiger partial charge is 0.479 e. The molecular formula is C15H17N5O3. The van der Waals surface area contributed by atoms with Gasteiger partial charge in [0.15, 0.2) is 6.61 Å². The molecule has 0 amide bonds. The minimum atomic E-state index is -1.08. The quantitative estimate of drug-likeness (QED) is 0.830. The van der Waals surface area contributed by atoms with Gasteiger partial charge in [-0.25, -0.2) is 4.79 Å². The summed E-state index contributed by atoms with van der Waals surface area (Å²) in [6.07, 6.45) is 2.16. The number of aromatic nitrogens is 3. The van der Waals surface area contributed by atoms with Crippen LogP contribution >= 0.6 is 0 Å². The van der Waals surface area contributed by atoms with Crippen LogP contribution in [-0.2, 0) is 4.79 Å². The molecule has 1 aromatic heterocycles. The number of rotatable bonds is 6. The molecule has 2 N–H and O–H groups in total. The zero-order valence-corrected chi connectivity index (χ0v) is 12.5. The number of ether oxygens (including phenoxy) is 1. The van der Waals surface area contributed by atoms with E-state index in [9.17, 15) is 4.79 Å². The smallest absolute Gasteiger partial charge is 0.341 e. The van der Waals surface area contributed by atoms with Gasteiger partial charge in [0.25, 0.3) is 0 Å². The number of hydrogen-bond acceptors (Lipinski definition) is 7. The molecule has 3 rings (SSSR count). The van der Waals surface area contributed by atoms with E-state index in [1.54, 1.807) is 0 Å². The lowest BCUT2D eigenvalue weighted by atomic mass is 10.3. The van der Waals surface area contributed by atoms with E-state index in [1.165, 1.54) is 0 Å². The van der Waals surface area contributed by atoms with Gasteiger partial charge >= 0.3 is 12.0 Å². The van der Waals surface area contributed by atoms with Crippen LogP contribution in [0, 0.1) is 0 Å². The highest BCUT2D eigenvalue weighted by atomic mass is 16.5. The van der Waals surface area contributed by atoms with Crippen LogP contribution in [0.5, 0.6) is 6.01 Å². The Bertz CT molecular complexity index is 674. The summed E-state index contributed by atoms with van der Waals surface area (Å²) in [7, 11) is 0. The zero-order valence-electron chi connectivity index (χ0n) is 12.5. The summed E-state index contributed by atoms with van der Waals surface area (Å²) >= 11 is 0. The third-order valence-corrected chi connectivity index (χ3v) is 3.35. The van der Waals surface area contributed by atoms with Gasteiger partial charge < -0.3 is 20.1 Å². The molecule has 0 aliphatic carbocycles. The Morgan fingerprint density at radius 2 is 1.91 bits per heavy atom. The predicted octanol–water partition coefficient (Wildman–Crippen LogP) is 1.68. The van der Waals surface area contributed by atoms with Crippen molar-refractivity contribution in [3.63, 3.8) is 0 Å². The minimum absolute atomic E-state index is 0.00253. The van der Waals surface area contributed by atoms with E-state index in [-0.39, 0.29) is 6.01 Å².